The van der Waals surface area contributed by atoms with Crippen LogP contribution in [0.4, 0.5) is 10.6 Å². The third-order valence-corrected chi connectivity index (χ3v) is 6.68. The molecule has 11 heteroatoms. The van der Waals surface area contributed by atoms with Gasteiger partial charge in [0.1, 0.15) is 22.9 Å². The first-order chi connectivity index (χ1) is 19.1. The lowest BCUT2D eigenvalue weighted by Crippen LogP contribution is -2.50. The fourth-order valence-corrected chi connectivity index (χ4v) is 4.49. The molecule has 0 aliphatic carbocycles. The molecule has 0 aromatic carbocycles. The fourth-order valence-electron chi connectivity index (χ4n) is 4.49. The van der Waals surface area contributed by atoms with Gasteiger partial charge in [-0.25, -0.2) is 14.5 Å². The van der Waals surface area contributed by atoms with E-state index in [1.165, 1.54) is 4.68 Å². The molecule has 0 unspecified atom stereocenters. The standard InChI is InChI=1S/C29H33N7O4/c1-19-6-7-22(16-31-19)27-24(20(2)40-33-27)18-36-26(37)15-23(17-32-36)21-8-9-30-25(14-21)34-10-12-35(13-11-34)28(38)39-29(3,4)5/h6-9,14-17H,10-13,18H2,1-5H3. The van der Waals surface area contributed by atoms with E-state index in [4.69, 9.17) is 9.26 Å². The van der Waals surface area contributed by atoms with E-state index in [9.17, 15) is 9.59 Å². The first kappa shape index (κ1) is 27.0. The normalized spacial score (nSPS) is 13.9. The Morgan fingerprint density at radius 3 is 2.42 bits per heavy atom. The summed E-state index contributed by atoms with van der Waals surface area (Å²) in [4.78, 5) is 38.2. The van der Waals surface area contributed by atoms with E-state index in [1.807, 2.05) is 58.9 Å². The van der Waals surface area contributed by atoms with E-state index in [0.29, 0.717) is 43.2 Å². The lowest BCUT2D eigenvalue weighted by atomic mass is 10.1. The van der Waals surface area contributed by atoms with Gasteiger partial charge in [-0.3, -0.25) is 9.78 Å². The zero-order valence-electron chi connectivity index (χ0n) is 23.4. The van der Waals surface area contributed by atoms with Crippen molar-refractivity contribution < 1.29 is 14.1 Å². The number of ether oxygens (including phenoxy) is 1. The summed E-state index contributed by atoms with van der Waals surface area (Å²) in [6.45, 7) is 11.9. The molecule has 1 aliphatic heterocycles. The summed E-state index contributed by atoms with van der Waals surface area (Å²) in [5, 5.41) is 8.64. The van der Waals surface area contributed by atoms with Gasteiger partial charge in [0.25, 0.3) is 5.56 Å². The molecule has 0 atom stereocenters. The van der Waals surface area contributed by atoms with Gasteiger partial charge in [-0.15, -0.1) is 0 Å². The number of aryl methyl sites for hydroxylation is 2. The van der Waals surface area contributed by atoms with Crippen LogP contribution in [-0.4, -0.2) is 67.7 Å². The van der Waals surface area contributed by atoms with Crippen molar-refractivity contribution in [3.63, 3.8) is 0 Å². The van der Waals surface area contributed by atoms with E-state index in [2.05, 4.69) is 25.1 Å². The Morgan fingerprint density at radius 2 is 1.75 bits per heavy atom. The highest BCUT2D eigenvalue weighted by Gasteiger charge is 2.26. The SMILES string of the molecule is Cc1ccc(-c2noc(C)c2Cn2ncc(-c3ccnc(N4CCN(C(=O)OC(C)(C)C)CC4)c3)cc2=O)cn1. The largest absolute Gasteiger partial charge is 0.444 e. The number of carbonyl (C=O) groups excluding carboxylic acids is 1. The zero-order chi connectivity index (χ0) is 28.4. The van der Waals surface area contributed by atoms with Crippen LogP contribution < -0.4 is 10.5 Å². The second kappa shape index (κ2) is 10.9. The molecule has 1 aliphatic rings. The van der Waals surface area contributed by atoms with Crippen LogP contribution in [0.3, 0.4) is 0 Å². The second-order valence-electron chi connectivity index (χ2n) is 10.9. The van der Waals surface area contributed by atoms with Gasteiger partial charge in [0.2, 0.25) is 0 Å². The average molecular weight is 544 g/mol. The monoisotopic (exact) mass is 543 g/mol. The highest BCUT2D eigenvalue weighted by Crippen LogP contribution is 2.26. The molecule has 5 heterocycles. The molecule has 1 amide bonds. The number of aromatic nitrogens is 5. The lowest BCUT2D eigenvalue weighted by molar-refractivity contribution is 0.0240. The number of amides is 1. The van der Waals surface area contributed by atoms with Crippen LogP contribution in [-0.2, 0) is 11.3 Å². The molecule has 0 spiro atoms. The van der Waals surface area contributed by atoms with Crippen molar-refractivity contribution in [2.24, 2.45) is 0 Å². The maximum absolute atomic E-state index is 13.1. The summed E-state index contributed by atoms with van der Waals surface area (Å²) < 4.78 is 12.3. The minimum absolute atomic E-state index is 0.223. The van der Waals surface area contributed by atoms with Crippen molar-refractivity contribution in [1.29, 1.82) is 0 Å². The van der Waals surface area contributed by atoms with Gasteiger partial charge < -0.3 is 19.1 Å². The molecule has 4 aromatic rings. The Labute approximate surface area is 232 Å². The Morgan fingerprint density at radius 1 is 0.975 bits per heavy atom. The number of carbonyl (C=O) groups is 1. The van der Waals surface area contributed by atoms with Crippen molar-refractivity contribution in [1.82, 2.24) is 29.8 Å². The summed E-state index contributed by atoms with van der Waals surface area (Å²) >= 11 is 0. The minimum Gasteiger partial charge on any atom is -0.444 e. The van der Waals surface area contributed by atoms with Gasteiger partial charge in [0.05, 0.1) is 12.7 Å². The van der Waals surface area contributed by atoms with Crippen LogP contribution in [0, 0.1) is 13.8 Å². The molecule has 0 radical (unpaired) electrons. The topological polar surface area (TPSA) is 119 Å². The Bertz CT molecular complexity index is 1560. The van der Waals surface area contributed by atoms with Crippen LogP contribution in [0.2, 0.25) is 0 Å². The van der Waals surface area contributed by atoms with Crippen molar-refractivity contribution in [2.45, 2.75) is 46.8 Å². The smallest absolute Gasteiger partial charge is 0.410 e. The molecule has 0 saturated carbocycles. The molecule has 208 valence electrons. The maximum atomic E-state index is 13.1. The van der Waals surface area contributed by atoms with Crippen LogP contribution in [0.5, 0.6) is 0 Å². The highest BCUT2D eigenvalue weighted by molar-refractivity contribution is 5.69. The highest BCUT2D eigenvalue weighted by atomic mass is 16.6. The van der Waals surface area contributed by atoms with Gasteiger partial charge in [-0.1, -0.05) is 5.16 Å². The fraction of sp³-hybridized carbons (Fsp3) is 0.379. The molecule has 40 heavy (non-hydrogen) atoms. The number of nitrogens with zero attached hydrogens (tertiary/aromatic N) is 7. The maximum Gasteiger partial charge on any atom is 0.410 e. The Kier molecular flexibility index (Phi) is 7.38. The van der Waals surface area contributed by atoms with Crippen molar-refractivity contribution in [3.05, 3.63) is 76.3 Å². The van der Waals surface area contributed by atoms with Crippen molar-refractivity contribution in [2.75, 3.05) is 31.1 Å². The predicted molar refractivity (Wildman–Crippen MR) is 150 cm³/mol. The van der Waals surface area contributed by atoms with Gasteiger partial charge in [0, 0.05) is 67.0 Å². The lowest BCUT2D eigenvalue weighted by Gasteiger charge is -2.36. The molecule has 4 aromatic heterocycles. The van der Waals surface area contributed by atoms with Gasteiger partial charge in [-0.2, -0.15) is 5.10 Å². The molecule has 11 nitrogen and oxygen atoms in total. The van der Waals surface area contributed by atoms with E-state index in [-0.39, 0.29) is 18.2 Å². The number of hydrogen-bond acceptors (Lipinski definition) is 9. The minimum atomic E-state index is -0.526. The van der Waals surface area contributed by atoms with Gasteiger partial charge >= 0.3 is 6.09 Å². The van der Waals surface area contributed by atoms with Crippen LogP contribution >= 0.6 is 0 Å². The molecule has 1 saturated heterocycles. The summed E-state index contributed by atoms with van der Waals surface area (Å²) in [5.74, 6) is 1.40. The number of rotatable bonds is 5. The molecule has 5 rings (SSSR count). The molecular formula is C29H33N7O4. The third-order valence-electron chi connectivity index (χ3n) is 6.68. The van der Waals surface area contributed by atoms with E-state index >= 15 is 0 Å². The Balaban J connectivity index is 1.30. The molecule has 1 fully saturated rings. The molecule has 0 bridgehead atoms. The van der Waals surface area contributed by atoms with E-state index < -0.39 is 5.60 Å². The summed E-state index contributed by atoms with van der Waals surface area (Å²) in [6, 6.07) is 9.21. The Hall–Kier alpha value is -4.54. The van der Waals surface area contributed by atoms with E-state index in [0.717, 1.165) is 28.2 Å². The summed E-state index contributed by atoms with van der Waals surface area (Å²) in [6.07, 6.45) is 4.84. The van der Waals surface area contributed by atoms with Crippen molar-refractivity contribution in [3.8, 4) is 22.4 Å². The summed E-state index contributed by atoms with van der Waals surface area (Å²) in [7, 11) is 0. The predicted octanol–water partition coefficient (Wildman–Crippen LogP) is 4.08. The first-order valence-electron chi connectivity index (χ1n) is 13.2. The average Bonchev–Trinajstić information content (AvgIpc) is 3.29. The second-order valence-corrected chi connectivity index (χ2v) is 10.9. The molecular weight excluding hydrogens is 510 g/mol. The number of hydrogen-bond donors (Lipinski definition) is 0. The van der Waals surface area contributed by atoms with Crippen LogP contribution in [0.25, 0.3) is 22.4 Å². The number of pyridine rings is 2. The third kappa shape index (κ3) is 6.03. The van der Waals surface area contributed by atoms with Gasteiger partial charge in [0.15, 0.2) is 0 Å². The zero-order valence-corrected chi connectivity index (χ0v) is 23.4. The number of piperazine rings is 1. The van der Waals surface area contributed by atoms with Crippen LogP contribution in [0.1, 0.15) is 37.8 Å². The number of anilines is 1. The van der Waals surface area contributed by atoms with Crippen molar-refractivity contribution >= 4 is 11.9 Å². The quantitative estimate of drug-likeness (QED) is 0.367. The van der Waals surface area contributed by atoms with Gasteiger partial charge in [-0.05, 0) is 64.4 Å². The first-order valence-corrected chi connectivity index (χ1v) is 13.2. The van der Waals surface area contributed by atoms with E-state index in [1.54, 1.807) is 29.6 Å². The summed E-state index contributed by atoms with van der Waals surface area (Å²) in [5.41, 5.74) is 3.92. The molecule has 0 N–H and O–H groups in total. The van der Waals surface area contributed by atoms with Crippen LogP contribution in [0.15, 0.2) is 58.2 Å².